The van der Waals surface area contributed by atoms with Crippen molar-refractivity contribution in [1.29, 1.82) is 0 Å². The van der Waals surface area contributed by atoms with Crippen LogP contribution in [0.5, 0.6) is 0 Å². The van der Waals surface area contributed by atoms with Crippen molar-refractivity contribution in [2.45, 2.75) is 19.0 Å². The van der Waals surface area contributed by atoms with Gasteiger partial charge >= 0.3 is 12.1 Å². The van der Waals surface area contributed by atoms with Gasteiger partial charge in [-0.25, -0.2) is 0 Å². The van der Waals surface area contributed by atoms with Crippen LogP contribution in [0.15, 0.2) is 70.6 Å². The van der Waals surface area contributed by atoms with Crippen LogP contribution in [0, 0.1) is 0 Å². The molecule has 0 saturated carbocycles. The summed E-state index contributed by atoms with van der Waals surface area (Å²) in [6.45, 7) is 3.37. The SMILES string of the molecule is C=N/C(=C(Cl)\C=C(/C)c1cccnc1)C(F)(F)CNC(=O)c1ccccc1C(F)(F)F. The van der Waals surface area contributed by atoms with E-state index >= 15 is 0 Å². The second kappa shape index (κ2) is 9.82. The van der Waals surface area contributed by atoms with E-state index in [2.05, 4.69) is 16.7 Å². The lowest BCUT2D eigenvalue weighted by Crippen LogP contribution is -2.38. The van der Waals surface area contributed by atoms with Gasteiger partial charge in [0.1, 0.15) is 5.70 Å². The van der Waals surface area contributed by atoms with Gasteiger partial charge in [0.05, 0.1) is 22.7 Å². The molecule has 1 amide bonds. The lowest BCUT2D eigenvalue weighted by molar-refractivity contribution is -0.137. The minimum absolute atomic E-state index is 0.439. The summed E-state index contributed by atoms with van der Waals surface area (Å²) in [4.78, 5) is 19.3. The number of halogens is 6. The number of allylic oxidation sites excluding steroid dienone is 3. The maximum Gasteiger partial charge on any atom is 0.417 e. The molecule has 0 unspecified atom stereocenters. The second-order valence-corrected chi connectivity index (χ2v) is 6.76. The van der Waals surface area contributed by atoms with E-state index < -0.39 is 46.4 Å². The predicted octanol–water partition coefficient (Wildman–Crippen LogP) is 5.72. The van der Waals surface area contributed by atoms with Crippen molar-refractivity contribution in [3.05, 3.63) is 82.3 Å². The lowest BCUT2D eigenvalue weighted by atomic mass is 10.1. The highest BCUT2D eigenvalue weighted by Gasteiger charge is 2.38. The van der Waals surface area contributed by atoms with Crippen LogP contribution >= 0.6 is 11.6 Å². The van der Waals surface area contributed by atoms with Gasteiger partial charge in [0.15, 0.2) is 0 Å². The number of aliphatic imine (C=N–C) groups is 1. The van der Waals surface area contributed by atoms with Crippen molar-refractivity contribution in [2.24, 2.45) is 4.99 Å². The highest BCUT2D eigenvalue weighted by Crippen LogP contribution is 2.33. The Morgan fingerprint density at radius 1 is 1.19 bits per heavy atom. The number of benzene rings is 1. The highest BCUT2D eigenvalue weighted by atomic mass is 35.5. The fraction of sp³-hybridized carbons (Fsp3) is 0.190. The first-order valence-corrected chi connectivity index (χ1v) is 9.13. The quantitative estimate of drug-likeness (QED) is 0.328. The van der Waals surface area contributed by atoms with E-state index in [1.54, 1.807) is 30.6 Å². The van der Waals surface area contributed by atoms with Gasteiger partial charge in [-0.15, -0.1) is 0 Å². The number of hydrogen-bond acceptors (Lipinski definition) is 3. The fourth-order valence-corrected chi connectivity index (χ4v) is 2.96. The van der Waals surface area contributed by atoms with E-state index in [1.807, 2.05) is 0 Å². The smallest absolute Gasteiger partial charge is 0.346 e. The van der Waals surface area contributed by atoms with Crippen LogP contribution in [0.2, 0.25) is 0 Å². The summed E-state index contributed by atoms with van der Waals surface area (Å²) in [7, 11) is 0. The first-order chi connectivity index (χ1) is 14.5. The molecule has 0 aliphatic rings. The Morgan fingerprint density at radius 3 is 2.45 bits per heavy atom. The number of nitrogens with zero attached hydrogens (tertiary/aromatic N) is 2. The van der Waals surface area contributed by atoms with Gasteiger partial charge in [0, 0.05) is 12.4 Å². The molecule has 0 saturated heterocycles. The Labute approximate surface area is 180 Å². The molecule has 31 heavy (non-hydrogen) atoms. The van der Waals surface area contributed by atoms with Crippen LogP contribution in [0.4, 0.5) is 22.0 Å². The summed E-state index contributed by atoms with van der Waals surface area (Å²) in [6, 6.07) is 7.22. The van der Waals surface area contributed by atoms with Gasteiger partial charge < -0.3 is 5.32 Å². The van der Waals surface area contributed by atoms with E-state index in [-0.39, 0.29) is 0 Å². The topological polar surface area (TPSA) is 54.4 Å². The molecule has 0 spiro atoms. The van der Waals surface area contributed by atoms with Crippen LogP contribution in [0.25, 0.3) is 5.57 Å². The van der Waals surface area contributed by atoms with E-state index in [1.165, 1.54) is 18.3 Å². The summed E-state index contributed by atoms with van der Waals surface area (Å²) in [5, 5.41) is 1.37. The van der Waals surface area contributed by atoms with E-state index in [9.17, 15) is 26.7 Å². The van der Waals surface area contributed by atoms with Gasteiger partial charge in [-0.2, -0.15) is 22.0 Å². The molecule has 0 atom stereocenters. The Kier molecular flexibility index (Phi) is 7.67. The van der Waals surface area contributed by atoms with Crippen LogP contribution in [0.3, 0.4) is 0 Å². The van der Waals surface area contributed by atoms with Gasteiger partial charge in [-0.05, 0) is 49.1 Å². The monoisotopic (exact) mass is 457 g/mol. The molecule has 1 heterocycles. The van der Waals surface area contributed by atoms with Crippen molar-refractivity contribution in [2.75, 3.05) is 6.54 Å². The number of amides is 1. The Balaban J connectivity index is 2.25. The normalized spacial score (nSPS) is 13.5. The van der Waals surface area contributed by atoms with E-state index in [0.717, 1.165) is 12.1 Å². The molecule has 0 bridgehead atoms. The molecule has 1 aromatic carbocycles. The Morgan fingerprint density at radius 2 is 1.87 bits per heavy atom. The molecule has 10 heteroatoms. The Hall–Kier alpha value is -3.07. The molecule has 0 aliphatic carbocycles. The number of nitrogens with one attached hydrogen (secondary N) is 1. The number of alkyl halides is 5. The number of aromatic nitrogens is 1. The van der Waals surface area contributed by atoms with Crippen molar-refractivity contribution in [3.63, 3.8) is 0 Å². The number of carbonyl (C=O) groups is 1. The zero-order valence-electron chi connectivity index (χ0n) is 16.2. The average Bonchev–Trinajstić information content (AvgIpc) is 2.72. The van der Waals surface area contributed by atoms with Crippen molar-refractivity contribution >= 4 is 29.8 Å². The van der Waals surface area contributed by atoms with Gasteiger partial charge in [0.25, 0.3) is 5.91 Å². The Bertz CT molecular complexity index is 1020. The minimum atomic E-state index is -4.82. The third-order valence-electron chi connectivity index (χ3n) is 4.14. The maximum absolute atomic E-state index is 14.6. The first kappa shape index (κ1) is 24.2. The predicted molar refractivity (Wildman–Crippen MR) is 109 cm³/mol. The lowest BCUT2D eigenvalue weighted by Gasteiger charge is -2.19. The van der Waals surface area contributed by atoms with Crippen LogP contribution < -0.4 is 5.32 Å². The molecule has 4 nitrogen and oxygen atoms in total. The van der Waals surface area contributed by atoms with Crippen molar-refractivity contribution in [1.82, 2.24) is 10.3 Å². The van der Waals surface area contributed by atoms with Crippen molar-refractivity contribution in [3.8, 4) is 0 Å². The molecule has 1 N–H and O–H groups in total. The summed E-state index contributed by atoms with van der Waals surface area (Å²) in [5.41, 5.74) is -1.80. The number of pyridine rings is 1. The van der Waals surface area contributed by atoms with E-state index in [4.69, 9.17) is 11.6 Å². The summed E-state index contributed by atoms with van der Waals surface area (Å²) in [5.74, 6) is -5.11. The fourth-order valence-electron chi connectivity index (χ4n) is 2.60. The molecule has 0 aliphatic heterocycles. The highest BCUT2D eigenvalue weighted by molar-refractivity contribution is 6.32. The summed E-state index contributed by atoms with van der Waals surface area (Å²) >= 11 is 6.00. The minimum Gasteiger partial charge on any atom is -0.346 e. The average molecular weight is 458 g/mol. The van der Waals surface area contributed by atoms with Gasteiger partial charge in [-0.3, -0.25) is 14.8 Å². The first-order valence-electron chi connectivity index (χ1n) is 8.75. The standard InChI is InChI=1S/C21H17ClF5N3O/c1-13(14-6-5-9-29-11-14)10-17(22)18(28-2)20(23,24)12-30-19(31)15-7-3-4-8-16(15)21(25,26)27/h3-11H,2,12H2,1H3,(H,30,31)/b13-10+,18-17+. The molecule has 2 aromatic rings. The molecular weight excluding hydrogens is 441 g/mol. The molecule has 0 radical (unpaired) electrons. The maximum atomic E-state index is 14.6. The van der Waals surface area contributed by atoms with Crippen molar-refractivity contribution < 1.29 is 26.7 Å². The zero-order valence-corrected chi connectivity index (χ0v) is 16.9. The third kappa shape index (κ3) is 6.21. The van der Waals surface area contributed by atoms with Crippen LogP contribution in [-0.4, -0.2) is 30.1 Å². The van der Waals surface area contributed by atoms with Crippen LogP contribution in [0.1, 0.15) is 28.4 Å². The van der Waals surface area contributed by atoms with Gasteiger partial charge in [-0.1, -0.05) is 29.8 Å². The second-order valence-electron chi connectivity index (χ2n) is 6.35. The number of carbonyl (C=O) groups excluding carboxylic acids is 1. The molecule has 0 fully saturated rings. The largest absolute Gasteiger partial charge is 0.417 e. The molecular formula is C21H17ClF5N3O. The van der Waals surface area contributed by atoms with E-state index in [0.29, 0.717) is 17.2 Å². The molecule has 1 aromatic heterocycles. The number of rotatable bonds is 7. The van der Waals surface area contributed by atoms with Gasteiger partial charge in [0.2, 0.25) is 0 Å². The zero-order chi connectivity index (χ0) is 23.2. The van der Waals surface area contributed by atoms with Crippen LogP contribution in [-0.2, 0) is 6.18 Å². The number of hydrogen-bond donors (Lipinski definition) is 1. The molecule has 164 valence electrons. The molecule has 2 rings (SSSR count). The summed E-state index contributed by atoms with van der Waals surface area (Å²) in [6.07, 6.45) is -0.536. The third-order valence-corrected chi connectivity index (χ3v) is 4.43. The summed E-state index contributed by atoms with van der Waals surface area (Å²) < 4.78 is 68.4.